The van der Waals surface area contributed by atoms with Crippen LogP contribution in [0, 0.1) is 0 Å². The highest BCUT2D eigenvalue weighted by atomic mass is 16.5. The fourth-order valence-corrected chi connectivity index (χ4v) is 1.49. The van der Waals surface area contributed by atoms with Crippen LogP contribution in [0.2, 0.25) is 0 Å². The SMILES string of the molecule is COc1ccc(-c2cc(CO)ccn2)cc1. The standard InChI is InChI=1S/C13H13NO2/c1-16-12-4-2-11(3-5-12)13-8-10(9-15)6-7-14-13/h2-8,15H,9H2,1H3. The summed E-state index contributed by atoms with van der Waals surface area (Å²) >= 11 is 0. The number of ether oxygens (including phenoxy) is 1. The van der Waals surface area contributed by atoms with Crippen molar-refractivity contribution in [2.24, 2.45) is 0 Å². The molecule has 0 saturated carbocycles. The largest absolute Gasteiger partial charge is 0.497 e. The summed E-state index contributed by atoms with van der Waals surface area (Å²) in [6.45, 7) is 0.0334. The zero-order chi connectivity index (χ0) is 11.4. The highest BCUT2D eigenvalue weighted by Crippen LogP contribution is 2.21. The van der Waals surface area contributed by atoms with Crippen LogP contribution < -0.4 is 4.74 Å². The summed E-state index contributed by atoms with van der Waals surface area (Å²) in [5.74, 6) is 0.821. The summed E-state index contributed by atoms with van der Waals surface area (Å²) in [4.78, 5) is 4.26. The van der Waals surface area contributed by atoms with Gasteiger partial charge in [-0.25, -0.2) is 0 Å². The Bertz CT molecular complexity index is 466. The number of methoxy groups -OCH3 is 1. The summed E-state index contributed by atoms with van der Waals surface area (Å²) in [6.07, 6.45) is 1.70. The first-order chi connectivity index (χ1) is 7.83. The highest BCUT2D eigenvalue weighted by Gasteiger charge is 2.00. The Balaban J connectivity index is 2.34. The minimum atomic E-state index is 0.0334. The molecule has 3 heteroatoms. The van der Waals surface area contributed by atoms with E-state index in [2.05, 4.69) is 4.98 Å². The second-order valence-electron chi connectivity index (χ2n) is 3.44. The fourth-order valence-electron chi connectivity index (χ4n) is 1.49. The Morgan fingerprint density at radius 2 is 1.94 bits per heavy atom. The van der Waals surface area contributed by atoms with Crippen molar-refractivity contribution < 1.29 is 9.84 Å². The lowest BCUT2D eigenvalue weighted by Crippen LogP contribution is -1.88. The summed E-state index contributed by atoms with van der Waals surface area (Å²) in [5, 5.41) is 9.04. The van der Waals surface area contributed by atoms with Gasteiger partial charge in [0.15, 0.2) is 0 Å². The van der Waals surface area contributed by atoms with E-state index in [0.29, 0.717) is 0 Å². The molecule has 1 N–H and O–H groups in total. The number of hydrogen-bond acceptors (Lipinski definition) is 3. The Morgan fingerprint density at radius 1 is 1.19 bits per heavy atom. The predicted molar refractivity (Wildman–Crippen MR) is 62.1 cm³/mol. The number of nitrogens with zero attached hydrogens (tertiary/aromatic N) is 1. The van der Waals surface area contributed by atoms with Crippen molar-refractivity contribution >= 4 is 0 Å². The Morgan fingerprint density at radius 3 is 2.56 bits per heavy atom. The normalized spacial score (nSPS) is 10.1. The molecular formula is C13H13NO2. The molecular weight excluding hydrogens is 202 g/mol. The van der Waals surface area contributed by atoms with Crippen molar-refractivity contribution in [3.8, 4) is 17.0 Å². The molecule has 0 radical (unpaired) electrons. The van der Waals surface area contributed by atoms with Crippen molar-refractivity contribution in [2.45, 2.75) is 6.61 Å². The van der Waals surface area contributed by atoms with Gasteiger partial charge in [-0.3, -0.25) is 4.98 Å². The molecule has 0 fully saturated rings. The summed E-state index contributed by atoms with van der Waals surface area (Å²) in [7, 11) is 1.64. The third-order valence-corrected chi connectivity index (χ3v) is 2.39. The van der Waals surface area contributed by atoms with Crippen molar-refractivity contribution in [3.05, 3.63) is 48.2 Å². The van der Waals surface area contributed by atoms with Crippen LogP contribution >= 0.6 is 0 Å². The van der Waals surface area contributed by atoms with E-state index in [0.717, 1.165) is 22.6 Å². The first-order valence-electron chi connectivity index (χ1n) is 5.03. The molecule has 0 saturated heterocycles. The number of aliphatic hydroxyl groups is 1. The van der Waals surface area contributed by atoms with E-state index in [1.165, 1.54) is 0 Å². The molecule has 0 aliphatic rings. The number of aliphatic hydroxyl groups excluding tert-OH is 1. The van der Waals surface area contributed by atoms with Gasteiger partial charge in [-0.15, -0.1) is 0 Å². The number of rotatable bonds is 3. The quantitative estimate of drug-likeness (QED) is 0.853. The molecule has 82 valence electrons. The molecule has 16 heavy (non-hydrogen) atoms. The summed E-state index contributed by atoms with van der Waals surface area (Å²) < 4.78 is 5.09. The zero-order valence-electron chi connectivity index (χ0n) is 9.05. The Kier molecular flexibility index (Phi) is 3.17. The number of benzene rings is 1. The lowest BCUT2D eigenvalue weighted by Gasteiger charge is -2.04. The van der Waals surface area contributed by atoms with Crippen LogP contribution in [0.1, 0.15) is 5.56 Å². The third kappa shape index (κ3) is 2.20. The van der Waals surface area contributed by atoms with Crippen LogP contribution in [-0.4, -0.2) is 17.2 Å². The van der Waals surface area contributed by atoms with E-state index in [-0.39, 0.29) is 6.61 Å². The van der Waals surface area contributed by atoms with Gasteiger partial charge in [-0.1, -0.05) is 0 Å². The molecule has 1 heterocycles. The second kappa shape index (κ2) is 4.77. The number of pyridine rings is 1. The van der Waals surface area contributed by atoms with Crippen LogP contribution in [0.25, 0.3) is 11.3 Å². The average Bonchev–Trinajstić information content (AvgIpc) is 2.39. The van der Waals surface area contributed by atoms with Crippen LogP contribution in [0.5, 0.6) is 5.75 Å². The highest BCUT2D eigenvalue weighted by molar-refractivity contribution is 5.60. The van der Waals surface area contributed by atoms with Gasteiger partial charge in [-0.05, 0) is 42.0 Å². The third-order valence-electron chi connectivity index (χ3n) is 2.39. The van der Waals surface area contributed by atoms with Crippen molar-refractivity contribution in [1.82, 2.24) is 4.98 Å². The maximum atomic E-state index is 9.04. The number of aromatic nitrogens is 1. The molecule has 1 aromatic heterocycles. The molecule has 0 aliphatic carbocycles. The summed E-state index contributed by atoms with van der Waals surface area (Å²) in [5.41, 5.74) is 2.73. The minimum Gasteiger partial charge on any atom is -0.497 e. The molecule has 0 bridgehead atoms. The molecule has 0 aliphatic heterocycles. The minimum absolute atomic E-state index is 0.0334. The van der Waals surface area contributed by atoms with Gasteiger partial charge in [0.05, 0.1) is 19.4 Å². The van der Waals surface area contributed by atoms with Crippen LogP contribution in [0.4, 0.5) is 0 Å². The lowest BCUT2D eigenvalue weighted by molar-refractivity contribution is 0.282. The van der Waals surface area contributed by atoms with Crippen LogP contribution in [0.3, 0.4) is 0 Å². The molecule has 0 unspecified atom stereocenters. The molecule has 3 nitrogen and oxygen atoms in total. The Hall–Kier alpha value is -1.87. The van der Waals surface area contributed by atoms with Gasteiger partial charge >= 0.3 is 0 Å². The average molecular weight is 215 g/mol. The monoisotopic (exact) mass is 215 g/mol. The van der Waals surface area contributed by atoms with E-state index in [1.807, 2.05) is 30.3 Å². The van der Waals surface area contributed by atoms with Gasteiger partial charge < -0.3 is 9.84 Å². The molecule has 0 atom stereocenters. The molecule has 2 rings (SSSR count). The van der Waals surface area contributed by atoms with Crippen molar-refractivity contribution in [3.63, 3.8) is 0 Å². The van der Waals surface area contributed by atoms with E-state index >= 15 is 0 Å². The molecule has 2 aromatic rings. The van der Waals surface area contributed by atoms with Crippen LogP contribution in [0.15, 0.2) is 42.6 Å². The maximum Gasteiger partial charge on any atom is 0.118 e. The van der Waals surface area contributed by atoms with Gasteiger partial charge in [0.1, 0.15) is 5.75 Å². The van der Waals surface area contributed by atoms with E-state index in [4.69, 9.17) is 9.84 Å². The van der Waals surface area contributed by atoms with Gasteiger partial charge in [0.25, 0.3) is 0 Å². The smallest absolute Gasteiger partial charge is 0.118 e. The molecule has 1 aromatic carbocycles. The second-order valence-corrected chi connectivity index (χ2v) is 3.44. The first-order valence-corrected chi connectivity index (χ1v) is 5.03. The van der Waals surface area contributed by atoms with Crippen LogP contribution in [-0.2, 0) is 6.61 Å². The van der Waals surface area contributed by atoms with E-state index in [9.17, 15) is 0 Å². The zero-order valence-corrected chi connectivity index (χ0v) is 9.05. The molecule has 0 amide bonds. The fraction of sp³-hybridized carbons (Fsp3) is 0.154. The van der Waals surface area contributed by atoms with Crippen molar-refractivity contribution in [1.29, 1.82) is 0 Å². The number of hydrogen-bond donors (Lipinski definition) is 1. The van der Waals surface area contributed by atoms with E-state index < -0.39 is 0 Å². The van der Waals surface area contributed by atoms with Gasteiger partial charge in [-0.2, -0.15) is 0 Å². The topological polar surface area (TPSA) is 42.4 Å². The first kappa shape index (κ1) is 10.6. The van der Waals surface area contributed by atoms with Gasteiger partial charge in [0.2, 0.25) is 0 Å². The summed E-state index contributed by atoms with van der Waals surface area (Å²) in [6, 6.07) is 11.4. The van der Waals surface area contributed by atoms with E-state index in [1.54, 1.807) is 19.4 Å². The predicted octanol–water partition coefficient (Wildman–Crippen LogP) is 2.25. The maximum absolute atomic E-state index is 9.04. The Labute approximate surface area is 94.3 Å². The van der Waals surface area contributed by atoms with Gasteiger partial charge in [0, 0.05) is 11.8 Å². The lowest BCUT2D eigenvalue weighted by atomic mass is 10.1. The molecule has 0 spiro atoms. The van der Waals surface area contributed by atoms with Crippen molar-refractivity contribution in [2.75, 3.05) is 7.11 Å².